The van der Waals surface area contributed by atoms with Crippen LogP contribution in [0.15, 0.2) is 41.0 Å². The van der Waals surface area contributed by atoms with Crippen LogP contribution in [-0.4, -0.2) is 18.7 Å². The minimum atomic E-state index is -0.690. The molecule has 2 aromatic carbocycles. The van der Waals surface area contributed by atoms with Crippen molar-refractivity contribution in [2.75, 3.05) is 7.05 Å². The molecule has 1 heterocycles. The molecule has 2 aromatic rings. The Balaban J connectivity index is 2.32. The Morgan fingerprint density at radius 3 is 2.50 bits per heavy atom. The van der Waals surface area contributed by atoms with Crippen LogP contribution >= 0.6 is 0 Å². The van der Waals surface area contributed by atoms with Crippen LogP contribution < -0.4 is 11.1 Å². The lowest BCUT2D eigenvalue weighted by Gasteiger charge is -2.16. The molecule has 0 saturated carbocycles. The first-order chi connectivity index (χ1) is 12.3. The predicted octanol–water partition coefficient (Wildman–Crippen LogP) is 3.66. The molecule has 0 saturated heterocycles. The van der Waals surface area contributed by atoms with Crippen molar-refractivity contribution in [2.45, 2.75) is 20.4 Å². The molecule has 6 heteroatoms. The van der Waals surface area contributed by atoms with Gasteiger partial charge in [0.25, 0.3) is 5.91 Å². The highest BCUT2D eigenvalue weighted by molar-refractivity contribution is 6.24. The van der Waals surface area contributed by atoms with E-state index >= 15 is 0 Å². The van der Waals surface area contributed by atoms with Gasteiger partial charge in [-0.15, -0.1) is 0 Å². The van der Waals surface area contributed by atoms with Gasteiger partial charge in [-0.05, 0) is 54.8 Å². The maximum Gasteiger partial charge on any atom is 0.251 e. The average Bonchev–Trinajstić information content (AvgIpc) is 2.96. The number of halogens is 2. The van der Waals surface area contributed by atoms with E-state index < -0.39 is 11.6 Å². The summed E-state index contributed by atoms with van der Waals surface area (Å²) in [4.78, 5) is 16.4. The summed E-state index contributed by atoms with van der Waals surface area (Å²) in [7, 11) is 1.66. The molecule has 0 spiro atoms. The molecular weight excluding hydrogens is 336 g/mol. The predicted molar refractivity (Wildman–Crippen MR) is 98.8 cm³/mol. The molecule has 0 aromatic heterocycles. The van der Waals surface area contributed by atoms with Crippen molar-refractivity contribution in [1.29, 1.82) is 0 Å². The Hall–Kier alpha value is -3.02. The molecule has 26 heavy (non-hydrogen) atoms. The van der Waals surface area contributed by atoms with Crippen molar-refractivity contribution >= 4 is 17.2 Å². The van der Waals surface area contributed by atoms with Crippen molar-refractivity contribution in [2.24, 2.45) is 10.7 Å². The standard InChI is InChI=1S/C20H19F2N3O/c1-10(23)19(11(2)24-3)15-6-12(7-16-17(15)9-25-20(16)26)14-5-4-13(21)8-18(14)22/h4-8H,9,23H2,1-3H3,(H,25,26)/b19-10+,24-11?. The number of nitrogens with one attached hydrogen (secondary N) is 1. The van der Waals surface area contributed by atoms with Gasteiger partial charge in [0.1, 0.15) is 11.6 Å². The third kappa shape index (κ3) is 2.98. The zero-order valence-corrected chi connectivity index (χ0v) is 14.8. The van der Waals surface area contributed by atoms with E-state index in [1.54, 1.807) is 26.1 Å². The van der Waals surface area contributed by atoms with E-state index in [4.69, 9.17) is 5.73 Å². The Bertz CT molecular complexity index is 973. The molecule has 0 bridgehead atoms. The molecule has 1 amide bonds. The number of carbonyl (C=O) groups is 1. The molecule has 1 aliphatic rings. The van der Waals surface area contributed by atoms with Crippen LogP contribution in [0, 0.1) is 11.6 Å². The molecule has 3 N–H and O–H groups in total. The maximum absolute atomic E-state index is 14.3. The van der Waals surface area contributed by atoms with Gasteiger partial charge in [-0.25, -0.2) is 8.78 Å². The van der Waals surface area contributed by atoms with Crippen molar-refractivity contribution < 1.29 is 13.6 Å². The van der Waals surface area contributed by atoms with Gasteiger partial charge < -0.3 is 11.1 Å². The number of hydrogen-bond donors (Lipinski definition) is 2. The van der Waals surface area contributed by atoms with E-state index in [2.05, 4.69) is 10.3 Å². The van der Waals surface area contributed by atoms with Gasteiger partial charge in [-0.3, -0.25) is 9.79 Å². The summed E-state index contributed by atoms with van der Waals surface area (Å²) in [6, 6.07) is 6.78. The molecule has 0 aliphatic carbocycles. The summed E-state index contributed by atoms with van der Waals surface area (Å²) in [5.41, 5.74) is 10.7. The van der Waals surface area contributed by atoms with Gasteiger partial charge >= 0.3 is 0 Å². The van der Waals surface area contributed by atoms with Crippen molar-refractivity contribution in [3.63, 3.8) is 0 Å². The topological polar surface area (TPSA) is 67.5 Å². The smallest absolute Gasteiger partial charge is 0.251 e. The quantitative estimate of drug-likeness (QED) is 0.825. The van der Waals surface area contributed by atoms with Crippen LogP contribution in [0.25, 0.3) is 16.7 Å². The van der Waals surface area contributed by atoms with Gasteiger partial charge in [-0.2, -0.15) is 0 Å². The fourth-order valence-electron chi connectivity index (χ4n) is 3.24. The fourth-order valence-corrected chi connectivity index (χ4v) is 3.24. The molecule has 3 rings (SSSR count). The number of hydrogen-bond acceptors (Lipinski definition) is 3. The zero-order chi connectivity index (χ0) is 19.0. The summed E-state index contributed by atoms with van der Waals surface area (Å²) in [5, 5.41) is 2.78. The SMILES string of the molecule is CN=C(C)/C(=C(/C)N)c1cc(-c2ccc(F)cc2F)cc2c1CNC2=O. The molecule has 4 nitrogen and oxygen atoms in total. The highest BCUT2D eigenvalue weighted by atomic mass is 19.1. The summed E-state index contributed by atoms with van der Waals surface area (Å²) >= 11 is 0. The highest BCUT2D eigenvalue weighted by Gasteiger charge is 2.26. The lowest BCUT2D eigenvalue weighted by molar-refractivity contribution is 0.0966. The number of nitrogens with zero attached hydrogens (tertiary/aromatic N) is 1. The first-order valence-electron chi connectivity index (χ1n) is 8.14. The number of aliphatic imine (C=N–C) groups is 1. The summed E-state index contributed by atoms with van der Waals surface area (Å²) in [6.45, 7) is 3.95. The lowest BCUT2D eigenvalue weighted by Crippen LogP contribution is -2.12. The Labute approximate surface area is 150 Å². The van der Waals surface area contributed by atoms with Crippen molar-refractivity contribution in [3.8, 4) is 11.1 Å². The number of nitrogens with two attached hydrogens (primary N) is 1. The number of amides is 1. The second kappa shape index (κ2) is 6.71. The van der Waals surface area contributed by atoms with Crippen LogP contribution in [0.2, 0.25) is 0 Å². The summed E-state index contributed by atoms with van der Waals surface area (Å²) in [6.07, 6.45) is 0. The van der Waals surface area contributed by atoms with Gasteiger partial charge in [0.15, 0.2) is 0 Å². The van der Waals surface area contributed by atoms with Crippen LogP contribution in [-0.2, 0) is 6.54 Å². The summed E-state index contributed by atoms with van der Waals surface area (Å²) < 4.78 is 27.6. The van der Waals surface area contributed by atoms with E-state index in [0.717, 1.165) is 17.2 Å². The normalized spacial score (nSPS) is 14.8. The van der Waals surface area contributed by atoms with Crippen LogP contribution in [0.3, 0.4) is 0 Å². The molecular formula is C20H19F2N3O. The van der Waals surface area contributed by atoms with E-state index in [1.807, 2.05) is 6.92 Å². The minimum absolute atomic E-state index is 0.218. The Morgan fingerprint density at radius 2 is 1.88 bits per heavy atom. The fraction of sp³-hybridized carbons (Fsp3) is 0.200. The van der Waals surface area contributed by atoms with Crippen LogP contribution in [0.5, 0.6) is 0 Å². The lowest BCUT2D eigenvalue weighted by atomic mass is 9.89. The van der Waals surface area contributed by atoms with E-state index in [9.17, 15) is 13.6 Å². The highest BCUT2D eigenvalue weighted by Crippen LogP contribution is 2.34. The van der Waals surface area contributed by atoms with E-state index in [0.29, 0.717) is 34.7 Å². The van der Waals surface area contributed by atoms with Gasteiger partial charge in [-0.1, -0.05) is 0 Å². The third-order valence-corrected chi connectivity index (χ3v) is 4.52. The first-order valence-corrected chi connectivity index (χ1v) is 8.14. The Morgan fingerprint density at radius 1 is 1.15 bits per heavy atom. The van der Waals surface area contributed by atoms with E-state index in [-0.39, 0.29) is 11.5 Å². The third-order valence-electron chi connectivity index (χ3n) is 4.52. The second-order valence-corrected chi connectivity index (χ2v) is 6.22. The number of carbonyl (C=O) groups excluding carboxylic acids is 1. The molecule has 134 valence electrons. The van der Waals surface area contributed by atoms with Crippen LogP contribution in [0.1, 0.15) is 35.3 Å². The monoisotopic (exact) mass is 355 g/mol. The van der Waals surface area contributed by atoms with E-state index in [1.165, 1.54) is 12.1 Å². The second-order valence-electron chi connectivity index (χ2n) is 6.22. The van der Waals surface area contributed by atoms with Gasteiger partial charge in [0.05, 0.1) is 0 Å². The molecule has 0 atom stereocenters. The molecule has 0 radical (unpaired) electrons. The molecule has 1 aliphatic heterocycles. The van der Waals surface area contributed by atoms with Gasteiger partial charge in [0.2, 0.25) is 0 Å². The largest absolute Gasteiger partial charge is 0.402 e. The zero-order valence-electron chi connectivity index (χ0n) is 14.8. The van der Waals surface area contributed by atoms with Crippen LogP contribution in [0.4, 0.5) is 8.78 Å². The number of allylic oxidation sites excluding steroid dienone is 2. The molecule has 0 fully saturated rings. The van der Waals surface area contributed by atoms with Crippen molar-refractivity contribution in [1.82, 2.24) is 5.32 Å². The number of fused-ring (bicyclic) bond motifs is 1. The first kappa shape index (κ1) is 17.8. The average molecular weight is 355 g/mol. The Kier molecular flexibility index (Phi) is 4.59. The number of rotatable bonds is 3. The van der Waals surface area contributed by atoms with Crippen molar-refractivity contribution in [3.05, 3.63) is 64.4 Å². The molecule has 0 unspecified atom stereocenters. The number of benzene rings is 2. The van der Waals surface area contributed by atoms with Gasteiger partial charge in [0, 0.05) is 47.8 Å². The minimum Gasteiger partial charge on any atom is -0.402 e. The maximum atomic E-state index is 14.3. The summed E-state index contributed by atoms with van der Waals surface area (Å²) in [5.74, 6) is -1.58.